The Morgan fingerprint density at radius 2 is 1.54 bits per heavy atom. The number of carboxylic acid groups (broad SMARTS) is 1. The van der Waals surface area contributed by atoms with Crippen molar-refractivity contribution in [1.29, 1.82) is 0 Å². The Kier molecular flexibility index (Phi) is 5.83. The first kappa shape index (κ1) is 20.1. The molecule has 0 saturated carbocycles. The average Bonchev–Trinajstić information content (AvgIpc) is 2.52. The van der Waals surface area contributed by atoms with Crippen molar-refractivity contribution in [2.45, 2.75) is 32.9 Å². The first-order chi connectivity index (χ1) is 12.0. The van der Waals surface area contributed by atoms with Crippen LogP contribution in [0, 0.1) is 5.41 Å². The lowest BCUT2D eigenvalue weighted by Crippen LogP contribution is -2.49. The van der Waals surface area contributed by atoms with Crippen LogP contribution < -0.4 is 4.90 Å². The maximum atomic E-state index is 12.6. The highest BCUT2D eigenvalue weighted by Crippen LogP contribution is 2.31. The van der Waals surface area contributed by atoms with Gasteiger partial charge in [-0.3, -0.25) is 9.59 Å². The fourth-order valence-corrected chi connectivity index (χ4v) is 3.07. The summed E-state index contributed by atoms with van der Waals surface area (Å²) in [5.74, 6) is -1.03. The lowest BCUT2D eigenvalue weighted by atomic mass is 9.85. The van der Waals surface area contributed by atoms with Crippen LogP contribution in [0.3, 0.4) is 0 Å². The number of benzene rings is 1. The number of anilines is 1. The number of piperazine rings is 1. The molecule has 0 atom stereocenters. The van der Waals surface area contributed by atoms with Crippen LogP contribution in [0.25, 0.3) is 0 Å². The Hall–Kier alpha value is -2.25. The summed E-state index contributed by atoms with van der Waals surface area (Å²) < 4.78 is 37.9. The number of carbonyl (C=O) groups is 2. The number of hydrogen-bond acceptors (Lipinski definition) is 3. The van der Waals surface area contributed by atoms with Gasteiger partial charge in [0, 0.05) is 38.3 Å². The number of aliphatic carboxylic acids is 1. The van der Waals surface area contributed by atoms with Crippen LogP contribution >= 0.6 is 0 Å². The minimum absolute atomic E-state index is 0.0791. The summed E-state index contributed by atoms with van der Waals surface area (Å²) in [6.07, 6.45) is -4.28. The van der Waals surface area contributed by atoms with Gasteiger partial charge in [-0.05, 0) is 29.7 Å². The second-order valence-electron chi connectivity index (χ2n) is 7.32. The van der Waals surface area contributed by atoms with Crippen molar-refractivity contribution in [3.05, 3.63) is 29.8 Å². The molecule has 26 heavy (non-hydrogen) atoms. The van der Waals surface area contributed by atoms with E-state index in [-0.39, 0.29) is 18.7 Å². The van der Waals surface area contributed by atoms with Crippen LogP contribution in [0.1, 0.15) is 32.3 Å². The Morgan fingerprint density at radius 1 is 1.00 bits per heavy atom. The second kappa shape index (κ2) is 7.55. The van der Waals surface area contributed by atoms with Gasteiger partial charge in [0.25, 0.3) is 0 Å². The van der Waals surface area contributed by atoms with Gasteiger partial charge >= 0.3 is 12.1 Å². The van der Waals surface area contributed by atoms with E-state index >= 15 is 0 Å². The highest BCUT2D eigenvalue weighted by molar-refractivity contribution is 5.78. The lowest BCUT2D eigenvalue weighted by Gasteiger charge is -2.37. The fraction of sp³-hybridized carbons (Fsp3) is 0.556. The first-order valence-electron chi connectivity index (χ1n) is 8.40. The predicted molar refractivity (Wildman–Crippen MR) is 90.9 cm³/mol. The van der Waals surface area contributed by atoms with E-state index in [4.69, 9.17) is 5.11 Å². The molecule has 1 N–H and O–H groups in total. The summed E-state index contributed by atoms with van der Waals surface area (Å²) in [5, 5.41) is 8.90. The highest BCUT2D eigenvalue weighted by atomic mass is 19.4. The molecule has 1 aromatic rings. The van der Waals surface area contributed by atoms with Crippen LogP contribution in [0.15, 0.2) is 24.3 Å². The molecular formula is C18H23F3N2O3. The van der Waals surface area contributed by atoms with Gasteiger partial charge in [0.15, 0.2) is 0 Å². The van der Waals surface area contributed by atoms with E-state index in [1.165, 1.54) is 12.1 Å². The number of carbonyl (C=O) groups excluding carboxylic acids is 1. The Bertz CT molecular complexity index is 649. The number of nitrogens with zero attached hydrogens (tertiary/aromatic N) is 2. The maximum Gasteiger partial charge on any atom is 0.416 e. The molecule has 5 nitrogen and oxygen atoms in total. The normalized spacial score (nSPS) is 15.9. The Labute approximate surface area is 150 Å². The summed E-state index contributed by atoms with van der Waals surface area (Å²) in [6, 6.07) is 5.00. The molecule has 1 aromatic carbocycles. The quantitative estimate of drug-likeness (QED) is 0.862. The number of halogens is 3. The summed E-state index contributed by atoms with van der Waals surface area (Å²) in [6.45, 7) is 5.47. The molecule has 1 aliphatic rings. The van der Waals surface area contributed by atoms with Crippen molar-refractivity contribution in [1.82, 2.24) is 4.90 Å². The van der Waals surface area contributed by atoms with Crippen LogP contribution in [-0.2, 0) is 15.8 Å². The molecular weight excluding hydrogens is 349 g/mol. The molecule has 0 aliphatic carbocycles. The zero-order valence-electron chi connectivity index (χ0n) is 14.8. The van der Waals surface area contributed by atoms with Crippen molar-refractivity contribution in [3.8, 4) is 0 Å². The minimum atomic E-state index is -4.35. The molecule has 1 aliphatic heterocycles. The van der Waals surface area contributed by atoms with Gasteiger partial charge in [0.2, 0.25) is 5.91 Å². The molecule has 1 fully saturated rings. The van der Waals surface area contributed by atoms with Gasteiger partial charge in [-0.1, -0.05) is 13.8 Å². The number of carboxylic acids is 1. The van der Waals surface area contributed by atoms with E-state index in [2.05, 4.69) is 0 Å². The van der Waals surface area contributed by atoms with Crippen LogP contribution in [-0.4, -0.2) is 48.1 Å². The topological polar surface area (TPSA) is 60.9 Å². The van der Waals surface area contributed by atoms with Crippen LogP contribution in [0.4, 0.5) is 18.9 Å². The maximum absolute atomic E-state index is 12.6. The second-order valence-corrected chi connectivity index (χ2v) is 7.32. The monoisotopic (exact) mass is 372 g/mol. The summed E-state index contributed by atoms with van der Waals surface area (Å²) >= 11 is 0. The highest BCUT2D eigenvalue weighted by Gasteiger charge is 2.31. The van der Waals surface area contributed by atoms with Crippen molar-refractivity contribution < 1.29 is 27.9 Å². The zero-order valence-corrected chi connectivity index (χ0v) is 14.8. The van der Waals surface area contributed by atoms with E-state index in [9.17, 15) is 22.8 Å². The molecule has 0 radical (unpaired) electrons. The smallest absolute Gasteiger partial charge is 0.416 e. The predicted octanol–water partition coefficient (Wildman–Crippen LogP) is 3.25. The molecule has 144 valence electrons. The van der Waals surface area contributed by atoms with Crippen LogP contribution in [0.2, 0.25) is 0 Å². The molecule has 8 heteroatoms. The van der Waals surface area contributed by atoms with E-state index in [0.29, 0.717) is 31.9 Å². The van der Waals surface area contributed by atoms with Crippen molar-refractivity contribution in [2.24, 2.45) is 5.41 Å². The average molecular weight is 372 g/mol. The summed E-state index contributed by atoms with van der Waals surface area (Å²) in [4.78, 5) is 26.9. The number of alkyl halides is 3. The molecule has 0 unspecified atom stereocenters. The molecule has 0 spiro atoms. The molecule has 1 heterocycles. The standard InChI is InChI=1S/C18H23F3N2O3/c1-17(2,12-16(25)26)11-15(24)23-9-7-22(8-10-23)14-5-3-13(4-6-14)18(19,20)21/h3-6H,7-12H2,1-2H3,(H,25,26). The summed E-state index contributed by atoms with van der Waals surface area (Å²) in [5.41, 5.74) is -0.611. The van der Waals surface area contributed by atoms with Crippen molar-refractivity contribution in [3.63, 3.8) is 0 Å². The van der Waals surface area contributed by atoms with Gasteiger partial charge in [-0.25, -0.2) is 0 Å². The van der Waals surface area contributed by atoms with Gasteiger partial charge < -0.3 is 14.9 Å². The van der Waals surface area contributed by atoms with Crippen molar-refractivity contribution in [2.75, 3.05) is 31.1 Å². The number of amides is 1. The van der Waals surface area contributed by atoms with Gasteiger partial charge in [-0.2, -0.15) is 13.2 Å². The Balaban J connectivity index is 1.90. The Morgan fingerprint density at radius 3 is 2.00 bits per heavy atom. The molecule has 1 amide bonds. The van der Waals surface area contributed by atoms with E-state index in [1.54, 1.807) is 18.7 Å². The minimum Gasteiger partial charge on any atom is -0.481 e. The zero-order chi connectivity index (χ0) is 19.5. The van der Waals surface area contributed by atoms with Crippen LogP contribution in [0.5, 0.6) is 0 Å². The number of rotatable bonds is 5. The lowest BCUT2D eigenvalue weighted by molar-refractivity contribution is -0.141. The van der Waals surface area contributed by atoms with E-state index in [1.807, 2.05) is 4.90 Å². The number of hydrogen-bond donors (Lipinski definition) is 1. The third kappa shape index (κ3) is 5.37. The van der Waals surface area contributed by atoms with Gasteiger partial charge in [0.1, 0.15) is 0 Å². The van der Waals surface area contributed by atoms with E-state index < -0.39 is 23.1 Å². The largest absolute Gasteiger partial charge is 0.481 e. The summed E-state index contributed by atoms with van der Waals surface area (Å²) in [7, 11) is 0. The fourth-order valence-electron chi connectivity index (χ4n) is 3.07. The third-order valence-electron chi connectivity index (χ3n) is 4.45. The molecule has 0 aromatic heterocycles. The SMILES string of the molecule is CC(C)(CC(=O)O)CC(=O)N1CCN(c2ccc(C(F)(F)F)cc2)CC1. The van der Waals surface area contributed by atoms with Crippen molar-refractivity contribution >= 4 is 17.6 Å². The van der Waals surface area contributed by atoms with Gasteiger partial charge in [-0.15, -0.1) is 0 Å². The van der Waals surface area contributed by atoms with E-state index in [0.717, 1.165) is 12.1 Å². The van der Waals surface area contributed by atoms with Gasteiger partial charge in [0.05, 0.1) is 12.0 Å². The molecule has 0 bridgehead atoms. The third-order valence-corrected chi connectivity index (χ3v) is 4.45. The first-order valence-corrected chi connectivity index (χ1v) is 8.40. The molecule has 1 saturated heterocycles. The molecule has 2 rings (SSSR count).